The third kappa shape index (κ3) is 4.06. The average molecular weight is 463 g/mol. The molecule has 0 saturated heterocycles. The van der Waals surface area contributed by atoms with Gasteiger partial charge < -0.3 is 20.1 Å². The molecule has 12 heteroatoms. The van der Waals surface area contributed by atoms with Gasteiger partial charge in [0.05, 0.1) is 18.4 Å². The number of nitrogens with one attached hydrogen (secondary N) is 2. The number of benzene rings is 2. The molecular weight excluding hydrogens is 446 g/mol. The minimum Gasteiger partial charge on any atom is -0.495 e. The van der Waals surface area contributed by atoms with Gasteiger partial charge in [-0.3, -0.25) is 4.79 Å². The van der Waals surface area contributed by atoms with Crippen molar-refractivity contribution in [1.82, 2.24) is 20.2 Å². The molecule has 166 valence electrons. The lowest BCUT2D eigenvalue weighted by atomic mass is 9.94. The third-order valence-electron chi connectivity index (χ3n) is 4.80. The van der Waals surface area contributed by atoms with Crippen LogP contribution in [0.4, 0.5) is 20.4 Å². The fourth-order valence-electron chi connectivity index (χ4n) is 3.47. The van der Waals surface area contributed by atoms with Gasteiger partial charge in [-0.1, -0.05) is 28.8 Å². The molecule has 2 N–H and O–H groups in total. The Bertz CT molecular complexity index is 1200. The summed E-state index contributed by atoms with van der Waals surface area (Å²) >= 11 is 6.15. The van der Waals surface area contributed by atoms with Gasteiger partial charge in [-0.2, -0.15) is 13.5 Å². The monoisotopic (exact) mass is 462 g/mol. The number of nitrogens with zero attached hydrogens (tertiary/aromatic N) is 4. The minimum atomic E-state index is -3.08. The molecule has 0 spiro atoms. The lowest BCUT2D eigenvalue weighted by molar-refractivity contribution is -0.113. The van der Waals surface area contributed by atoms with E-state index in [2.05, 4.69) is 26.2 Å². The van der Waals surface area contributed by atoms with E-state index < -0.39 is 18.6 Å². The van der Waals surface area contributed by atoms with Gasteiger partial charge in [0.2, 0.25) is 5.95 Å². The van der Waals surface area contributed by atoms with E-state index in [0.717, 1.165) is 0 Å². The number of methoxy groups -OCH3 is 1. The second-order valence-corrected chi connectivity index (χ2v) is 7.16. The second kappa shape index (κ2) is 8.79. The van der Waals surface area contributed by atoms with Crippen molar-refractivity contribution in [3.05, 3.63) is 64.3 Å². The van der Waals surface area contributed by atoms with E-state index >= 15 is 0 Å². The van der Waals surface area contributed by atoms with E-state index in [1.165, 1.54) is 30.0 Å². The maximum absolute atomic E-state index is 13.4. The Balaban J connectivity index is 1.83. The maximum Gasteiger partial charge on any atom is 0.387 e. The first-order chi connectivity index (χ1) is 15.4. The molecule has 0 aliphatic carbocycles. The zero-order chi connectivity index (χ0) is 22.8. The summed E-state index contributed by atoms with van der Waals surface area (Å²) in [4.78, 5) is 13.4. The summed E-state index contributed by atoms with van der Waals surface area (Å²) in [6.07, 6.45) is 0. The predicted octanol–water partition coefficient (Wildman–Crippen LogP) is 3.86. The smallest absolute Gasteiger partial charge is 0.387 e. The number of hydrogen-bond acceptors (Lipinski definition) is 7. The summed E-state index contributed by atoms with van der Waals surface area (Å²) in [6.45, 7) is -1.43. The number of halogens is 3. The van der Waals surface area contributed by atoms with Crippen LogP contribution < -0.4 is 20.1 Å². The van der Waals surface area contributed by atoms with Crippen molar-refractivity contribution in [3.63, 3.8) is 0 Å². The van der Waals surface area contributed by atoms with Crippen molar-refractivity contribution in [3.8, 4) is 11.5 Å². The zero-order valence-corrected chi connectivity index (χ0v) is 17.6. The molecular formula is C20H17ClF2N6O3. The fourth-order valence-corrected chi connectivity index (χ4v) is 3.65. The third-order valence-corrected chi connectivity index (χ3v) is 5.03. The van der Waals surface area contributed by atoms with Crippen LogP contribution in [-0.4, -0.2) is 39.8 Å². The van der Waals surface area contributed by atoms with Gasteiger partial charge in [0.1, 0.15) is 17.5 Å². The van der Waals surface area contributed by atoms with Crippen LogP contribution >= 0.6 is 11.6 Å². The fraction of sp³-hybridized carbons (Fsp3) is 0.200. The zero-order valence-electron chi connectivity index (χ0n) is 16.8. The Kier molecular flexibility index (Phi) is 5.91. The van der Waals surface area contributed by atoms with E-state index in [-0.39, 0.29) is 27.9 Å². The van der Waals surface area contributed by atoms with Gasteiger partial charge in [-0.05, 0) is 47.7 Å². The highest BCUT2D eigenvalue weighted by Gasteiger charge is 2.36. The van der Waals surface area contributed by atoms with Crippen LogP contribution in [0.3, 0.4) is 0 Å². The first-order valence-electron chi connectivity index (χ1n) is 9.33. The first-order valence-corrected chi connectivity index (χ1v) is 9.71. The van der Waals surface area contributed by atoms with Crippen molar-refractivity contribution in [2.24, 2.45) is 0 Å². The van der Waals surface area contributed by atoms with Gasteiger partial charge in [0, 0.05) is 16.3 Å². The molecule has 1 unspecified atom stereocenters. The van der Waals surface area contributed by atoms with Crippen LogP contribution in [0.2, 0.25) is 5.02 Å². The lowest BCUT2D eigenvalue weighted by Gasteiger charge is -2.29. The number of fused-ring (bicyclic) bond motifs is 1. The van der Waals surface area contributed by atoms with Gasteiger partial charge in [0.25, 0.3) is 5.91 Å². The molecule has 32 heavy (non-hydrogen) atoms. The number of aromatic nitrogens is 4. The summed E-state index contributed by atoms with van der Waals surface area (Å²) in [5, 5.41) is 17.5. The highest BCUT2D eigenvalue weighted by Crippen LogP contribution is 2.40. The standard InChI is InChI=1S/C20H17ClF2N6O3/c1-10-16(18(30)25-13-5-3-4-6-15(13)31-2)17(29-20(24-10)26-27-28-29)12-9-11(21)7-8-14(12)32-19(22)23/h3-9,17,19H,1-2H3,(H,25,30)(H,24,26,28). The Morgan fingerprint density at radius 2 is 2.03 bits per heavy atom. The Hall–Kier alpha value is -3.73. The molecule has 2 aromatic carbocycles. The first kappa shape index (κ1) is 21.5. The predicted molar refractivity (Wildman–Crippen MR) is 112 cm³/mol. The molecule has 1 atom stereocenters. The highest BCUT2D eigenvalue weighted by molar-refractivity contribution is 6.30. The van der Waals surface area contributed by atoms with Crippen molar-refractivity contribution in [1.29, 1.82) is 0 Å². The number of allylic oxidation sites excluding steroid dienone is 1. The van der Waals surface area contributed by atoms with Gasteiger partial charge in [0.15, 0.2) is 0 Å². The van der Waals surface area contributed by atoms with Gasteiger partial charge in [-0.25, -0.2) is 0 Å². The molecule has 0 saturated carbocycles. The van der Waals surface area contributed by atoms with Crippen molar-refractivity contribution >= 4 is 29.1 Å². The number of tetrazole rings is 1. The van der Waals surface area contributed by atoms with Crippen LogP contribution in [0, 0.1) is 0 Å². The van der Waals surface area contributed by atoms with E-state index in [4.69, 9.17) is 21.1 Å². The Labute approximate surface area is 186 Å². The molecule has 0 radical (unpaired) electrons. The number of ether oxygens (including phenoxy) is 2. The second-order valence-electron chi connectivity index (χ2n) is 6.73. The quantitative estimate of drug-likeness (QED) is 0.573. The summed E-state index contributed by atoms with van der Waals surface area (Å²) in [5.74, 6) is -0.00177. The van der Waals surface area contributed by atoms with Crippen LogP contribution in [-0.2, 0) is 4.79 Å². The summed E-state index contributed by atoms with van der Waals surface area (Å²) < 4.78 is 37.5. The Morgan fingerprint density at radius 1 is 1.25 bits per heavy atom. The van der Waals surface area contributed by atoms with Gasteiger partial charge in [-0.15, -0.1) is 0 Å². The summed E-state index contributed by atoms with van der Waals surface area (Å²) in [7, 11) is 1.48. The number of alkyl halides is 2. The number of para-hydroxylation sites is 2. The normalized spacial score (nSPS) is 15.2. The largest absolute Gasteiger partial charge is 0.495 e. The van der Waals surface area contributed by atoms with Crippen molar-refractivity contribution < 1.29 is 23.0 Å². The molecule has 2 heterocycles. The van der Waals surface area contributed by atoms with Crippen molar-refractivity contribution in [2.75, 3.05) is 17.7 Å². The number of carbonyl (C=O) groups is 1. The molecule has 3 aromatic rings. The van der Waals surface area contributed by atoms with Crippen LogP contribution in [0.25, 0.3) is 0 Å². The van der Waals surface area contributed by atoms with E-state index in [1.54, 1.807) is 31.2 Å². The van der Waals surface area contributed by atoms with Crippen LogP contribution in [0.15, 0.2) is 53.7 Å². The molecule has 9 nitrogen and oxygen atoms in total. The molecule has 1 aliphatic heterocycles. The molecule has 1 amide bonds. The van der Waals surface area contributed by atoms with Crippen molar-refractivity contribution in [2.45, 2.75) is 19.6 Å². The maximum atomic E-state index is 13.4. The number of carbonyl (C=O) groups excluding carboxylic acids is 1. The van der Waals surface area contributed by atoms with E-state index in [0.29, 0.717) is 17.1 Å². The van der Waals surface area contributed by atoms with E-state index in [9.17, 15) is 13.6 Å². The van der Waals surface area contributed by atoms with Gasteiger partial charge >= 0.3 is 6.61 Å². The SMILES string of the molecule is COc1ccccc1NC(=O)C1=C(C)Nc2nnnn2C1c1cc(Cl)ccc1OC(F)F. The molecule has 1 aromatic heterocycles. The summed E-state index contributed by atoms with van der Waals surface area (Å²) in [6, 6.07) is 10.0. The molecule has 1 aliphatic rings. The number of hydrogen-bond donors (Lipinski definition) is 2. The lowest BCUT2D eigenvalue weighted by Crippen LogP contribution is -2.32. The molecule has 0 bridgehead atoms. The van der Waals surface area contributed by atoms with Crippen LogP contribution in [0.1, 0.15) is 18.5 Å². The number of amides is 1. The van der Waals surface area contributed by atoms with E-state index in [1.807, 2.05) is 0 Å². The van der Waals surface area contributed by atoms with Crippen LogP contribution in [0.5, 0.6) is 11.5 Å². The number of anilines is 2. The molecule has 0 fully saturated rings. The molecule has 4 rings (SSSR count). The number of rotatable bonds is 6. The average Bonchev–Trinajstić information content (AvgIpc) is 3.22. The Morgan fingerprint density at radius 3 is 2.78 bits per heavy atom. The topological polar surface area (TPSA) is 103 Å². The highest BCUT2D eigenvalue weighted by atomic mass is 35.5. The minimum absolute atomic E-state index is 0.159. The summed E-state index contributed by atoms with van der Waals surface area (Å²) in [5.41, 5.74) is 1.22.